The van der Waals surface area contributed by atoms with E-state index >= 15 is 0 Å². The van der Waals surface area contributed by atoms with Crippen molar-refractivity contribution in [1.82, 2.24) is 10.3 Å². The van der Waals surface area contributed by atoms with E-state index < -0.39 is 0 Å². The SMILES string of the molecule is O=C(Nc1ccncc1Br)NC12CC3CC(CC(C3)C1)C2. The van der Waals surface area contributed by atoms with E-state index in [4.69, 9.17) is 0 Å². The summed E-state index contributed by atoms with van der Waals surface area (Å²) in [4.78, 5) is 16.4. The average molecular weight is 350 g/mol. The van der Waals surface area contributed by atoms with Crippen LogP contribution in [0.25, 0.3) is 0 Å². The predicted octanol–water partition coefficient (Wildman–Crippen LogP) is 3.93. The van der Waals surface area contributed by atoms with Crippen LogP contribution in [-0.4, -0.2) is 16.6 Å². The molecule has 4 fully saturated rings. The lowest BCUT2D eigenvalue weighted by atomic mass is 9.53. The molecule has 4 aliphatic rings. The number of carbonyl (C=O) groups is 1. The van der Waals surface area contributed by atoms with Gasteiger partial charge in [-0.25, -0.2) is 4.79 Å². The summed E-state index contributed by atoms with van der Waals surface area (Å²) >= 11 is 3.41. The third-order valence-corrected chi connectivity index (χ3v) is 6.07. The van der Waals surface area contributed by atoms with Gasteiger partial charge in [0, 0.05) is 17.9 Å². The van der Waals surface area contributed by atoms with Gasteiger partial charge in [0.1, 0.15) is 0 Å². The van der Waals surface area contributed by atoms with Gasteiger partial charge >= 0.3 is 6.03 Å². The summed E-state index contributed by atoms with van der Waals surface area (Å²) in [6.45, 7) is 0. The second kappa shape index (κ2) is 4.97. The third-order valence-electron chi connectivity index (χ3n) is 5.44. The molecule has 1 aromatic rings. The standard InChI is InChI=1S/C16H20BrN3O/c17-13-9-18-2-1-14(13)19-15(21)20-16-6-10-3-11(7-16)5-12(4-10)8-16/h1-2,9-12H,3-8H2,(H2,18,19,20,21). The van der Waals surface area contributed by atoms with Crippen LogP contribution >= 0.6 is 15.9 Å². The lowest BCUT2D eigenvalue weighted by molar-refractivity contribution is -0.0127. The van der Waals surface area contributed by atoms with Crippen molar-refractivity contribution in [2.75, 3.05) is 5.32 Å². The van der Waals surface area contributed by atoms with Gasteiger partial charge in [0.05, 0.1) is 10.2 Å². The van der Waals surface area contributed by atoms with Crippen LogP contribution in [0.2, 0.25) is 0 Å². The predicted molar refractivity (Wildman–Crippen MR) is 85.0 cm³/mol. The van der Waals surface area contributed by atoms with Gasteiger partial charge in [-0.2, -0.15) is 0 Å². The molecule has 0 aromatic carbocycles. The quantitative estimate of drug-likeness (QED) is 0.849. The van der Waals surface area contributed by atoms with Crippen molar-refractivity contribution in [1.29, 1.82) is 0 Å². The Hall–Kier alpha value is -1.10. The van der Waals surface area contributed by atoms with E-state index in [0.29, 0.717) is 0 Å². The van der Waals surface area contributed by atoms with E-state index in [1.807, 2.05) is 6.07 Å². The molecule has 4 bridgehead atoms. The molecule has 4 aliphatic carbocycles. The molecule has 4 saturated carbocycles. The van der Waals surface area contributed by atoms with Crippen molar-refractivity contribution in [3.05, 3.63) is 22.9 Å². The number of nitrogens with one attached hydrogen (secondary N) is 2. The Balaban J connectivity index is 1.46. The van der Waals surface area contributed by atoms with E-state index in [-0.39, 0.29) is 11.6 Å². The highest BCUT2D eigenvalue weighted by Crippen LogP contribution is 2.55. The van der Waals surface area contributed by atoms with E-state index in [9.17, 15) is 4.79 Å². The molecule has 0 atom stereocenters. The zero-order chi connectivity index (χ0) is 14.4. The Morgan fingerprint density at radius 1 is 1.19 bits per heavy atom. The van der Waals surface area contributed by atoms with Crippen molar-refractivity contribution >= 4 is 27.6 Å². The Morgan fingerprint density at radius 2 is 1.81 bits per heavy atom. The normalized spacial score (nSPS) is 36.5. The Kier molecular flexibility index (Phi) is 3.21. The van der Waals surface area contributed by atoms with Crippen LogP contribution < -0.4 is 10.6 Å². The number of pyridine rings is 1. The van der Waals surface area contributed by atoms with E-state index in [0.717, 1.165) is 27.9 Å². The zero-order valence-corrected chi connectivity index (χ0v) is 13.5. The second-order valence-electron chi connectivity index (χ2n) is 7.13. The smallest absolute Gasteiger partial charge is 0.319 e. The van der Waals surface area contributed by atoms with Crippen LogP contribution in [0.1, 0.15) is 38.5 Å². The number of anilines is 1. The molecule has 0 radical (unpaired) electrons. The largest absolute Gasteiger partial charge is 0.332 e. The van der Waals surface area contributed by atoms with Crippen LogP contribution in [0.3, 0.4) is 0 Å². The number of halogens is 1. The summed E-state index contributed by atoms with van der Waals surface area (Å²) in [7, 11) is 0. The molecule has 0 spiro atoms. The van der Waals surface area contributed by atoms with Gasteiger partial charge in [-0.05, 0) is 78.3 Å². The van der Waals surface area contributed by atoms with Crippen molar-refractivity contribution in [3.63, 3.8) is 0 Å². The molecule has 4 nitrogen and oxygen atoms in total. The van der Waals surface area contributed by atoms with Crippen molar-refractivity contribution in [3.8, 4) is 0 Å². The number of urea groups is 1. The molecule has 0 aliphatic heterocycles. The van der Waals surface area contributed by atoms with Gasteiger partial charge < -0.3 is 10.6 Å². The summed E-state index contributed by atoms with van der Waals surface area (Å²) in [5, 5.41) is 6.26. The molecule has 1 aromatic heterocycles. The molecule has 2 amide bonds. The van der Waals surface area contributed by atoms with Crippen molar-refractivity contribution in [2.45, 2.75) is 44.1 Å². The van der Waals surface area contributed by atoms with Crippen molar-refractivity contribution < 1.29 is 4.79 Å². The number of hydrogen-bond acceptors (Lipinski definition) is 2. The first-order valence-electron chi connectivity index (χ1n) is 7.81. The van der Waals surface area contributed by atoms with Crippen LogP contribution in [0, 0.1) is 17.8 Å². The van der Waals surface area contributed by atoms with E-state index in [1.165, 1.54) is 38.5 Å². The van der Waals surface area contributed by atoms with Crippen LogP contribution in [0.4, 0.5) is 10.5 Å². The fraction of sp³-hybridized carbons (Fsp3) is 0.625. The fourth-order valence-corrected chi connectivity index (χ4v) is 5.48. The Bertz CT molecular complexity index is 539. The maximum absolute atomic E-state index is 12.4. The first-order chi connectivity index (χ1) is 10.1. The molecule has 21 heavy (non-hydrogen) atoms. The van der Waals surface area contributed by atoms with Crippen molar-refractivity contribution in [2.24, 2.45) is 17.8 Å². The minimum atomic E-state index is -0.0798. The van der Waals surface area contributed by atoms with Gasteiger partial charge in [-0.15, -0.1) is 0 Å². The number of nitrogens with zero attached hydrogens (tertiary/aromatic N) is 1. The van der Waals surface area contributed by atoms with Gasteiger partial charge in [0.25, 0.3) is 0 Å². The minimum Gasteiger partial charge on any atom is -0.332 e. The molecule has 5 rings (SSSR count). The highest BCUT2D eigenvalue weighted by atomic mass is 79.9. The van der Waals surface area contributed by atoms with Gasteiger partial charge in [-0.3, -0.25) is 4.98 Å². The Morgan fingerprint density at radius 3 is 2.38 bits per heavy atom. The minimum absolute atomic E-state index is 0.0539. The monoisotopic (exact) mass is 349 g/mol. The number of amides is 2. The topological polar surface area (TPSA) is 54.0 Å². The molecule has 0 saturated heterocycles. The van der Waals surface area contributed by atoms with Crippen LogP contribution in [0.15, 0.2) is 22.9 Å². The van der Waals surface area contributed by atoms with Crippen LogP contribution in [0.5, 0.6) is 0 Å². The molecule has 0 unspecified atom stereocenters. The number of hydrogen-bond donors (Lipinski definition) is 2. The molecule has 2 N–H and O–H groups in total. The average Bonchev–Trinajstić information content (AvgIpc) is 2.39. The van der Waals surface area contributed by atoms with E-state index in [1.54, 1.807) is 12.4 Å². The molecule has 112 valence electrons. The maximum Gasteiger partial charge on any atom is 0.319 e. The van der Waals surface area contributed by atoms with Gasteiger partial charge in [0.15, 0.2) is 0 Å². The highest BCUT2D eigenvalue weighted by Gasteiger charge is 2.51. The number of aromatic nitrogens is 1. The zero-order valence-electron chi connectivity index (χ0n) is 11.9. The Labute approximate surface area is 133 Å². The first kappa shape index (κ1) is 13.6. The molecule has 1 heterocycles. The fourth-order valence-electron chi connectivity index (χ4n) is 5.13. The number of carbonyl (C=O) groups excluding carboxylic acids is 1. The van der Waals surface area contributed by atoms with E-state index in [2.05, 4.69) is 31.5 Å². The lowest BCUT2D eigenvalue weighted by Crippen LogP contribution is -2.60. The summed E-state index contributed by atoms with van der Waals surface area (Å²) in [5.41, 5.74) is 0.824. The third kappa shape index (κ3) is 2.56. The first-order valence-corrected chi connectivity index (χ1v) is 8.60. The molecule has 5 heteroatoms. The summed E-state index contributed by atoms with van der Waals surface area (Å²) in [6.07, 6.45) is 11.1. The summed E-state index contributed by atoms with van der Waals surface area (Å²) in [6, 6.07) is 1.73. The molecular weight excluding hydrogens is 330 g/mol. The summed E-state index contributed by atoms with van der Waals surface area (Å²) < 4.78 is 0.811. The van der Waals surface area contributed by atoms with Gasteiger partial charge in [-0.1, -0.05) is 0 Å². The maximum atomic E-state index is 12.4. The molecular formula is C16H20BrN3O. The second-order valence-corrected chi connectivity index (χ2v) is 7.99. The van der Waals surface area contributed by atoms with Crippen LogP contribution in [-0.2, 0) is 0 Å². The highest BCUT2D eigenvalue weighted by molar-refractivity contribution is 9.10. The van der Waals surface area contributed by atoms with Gasteiger partial charge in [0.2, 0.25) is 0 Å². The summed E-state index contributed by atoms with van der Waals surface area (Å²) in [5.74, 6) is 2.51. The number of rotatable bonds is 2. The lowest BCUT2D eigenvalue weighted by Gasteiger charge is -2.56.